The summed E-state index contributed by atoms with van der Waals surface area (Å²) >= 11 is 6.29. The highest BCUT2D eigenvalue weighted by molar-refractivity contribution is 6.37. The van der Waals surface area contributed by atoms with Crippen LogP contribution in [0.1, 0.15) is 12.5 Å². The van der Waals surface area contributed by atoms with Crippen LogP contribution in [0.25, 0.3) is 5.57 Å². The summed E-state index contributed by atoms with van der Waals surface area (Å²) in [6, 6.07) is 9.34. The van der Waals surface area contributed by atoms with Gasteiger partial charge in [-0.2, -0.15) is 5.26 Å². The lowest BCUT2D eigenvalue weighted by atomic mass is 9.94. The number of methoxy groups -OCH3 is 1. The number of nitriles is 1. The molecule has 2 rings (SSSR count). The Kier molecular flexibility index (Phi) is 4.46. The van der Waals surface area contributed by atoms with Crippen LogP contribution in [0.5, 0.6) is 5.75 Å². The predicted molar refractivity (Wildman–Crippen MR) is 82.4 cm³/mol. The Hall–Kier alpha value is -2.51. The molecule has 1 aromatic carbocycles. The van der Waals surface area contributed by atoms with Gasteiger partial charge in [0.05, 0.1) is 17.7 Å². The van der Waals surface area contributed by atoms with Gasteiger partial charge in [-0.1, -0.05) is 16.8 Å². The molecule has 1 aliphatic carbocycles. The fraction of sp³-hybridized carbons (Fsp3) is 0.125. The summed E-state index contributed by atoms with van der Waals surface area (Å²) in [5, 5.41) is 21.9. The van der Waals surface area contributed by atoms with Crippen LogP contribution in [-0.2, 0) is 0 Å². The van der Waals surface area contributed by atoms with E-state index >= 15 is 0 Å². The number of hydrogen-bond acceptors (Lipinski definition) is 4. The molecule has 0 amide bonds. The smallest absolute Gasteiger partial charge is 0.118 e. The molecule has 0 heterocycles. The molecule has 4 nitrogen and oxygen atoms in total. The number of oxime groups is 1. The summed E-state index contributed by atoms with van der Waals surface area (Å²) in [5.41, 5.74) is 2.81. The second-order valence-corrected chi connectivity index (χ2v) is 4.76. The van der Waals surface area contributed by atoms with Crippen molar-refractivity contribution in [3.05, 3.63) is 58.2 Å². The van der Waals surface area contributed by atoms with E-state index in [0.29, 0.717) is 33.2 Å². The molecule has 1 aromatic rings. The minimum absolute atomic E-state index is 0.385. The van der Waals surface area contributed by atoms with Crippen molar-refractivity contribution in [2.75, 3.05) is 7.11 Å². The summed E-state index contributed by atoms with van der Waals surface area (Å²) in [5.74, 6) is 0.716. The number of nitrogens with zero attached hydrogens (tertiary/aromatic N) is 2. The molecule has 1 aliphatic rings. The largest absolute Gasteiger partial charge is 0.497 e. The van der Waals surface area contributed by atoms with E-state index in [2.05, 4.69) is 11.2 Å². The first kappa shape index (κ1) is 14.9. The maximum absolute atomic E-state index is 9.45. The van der Waals surface area contributed by atoms with E-state index in [9.17, 15) is 5.26 Å². The normalized spacial score (nSPS) is 18.7. The van der Waals surface area contributed by atoms with E-state index in [4.69, 9.17) is 21.5 Å². The van der Waals surface area contributed by atoms with Gasteiger partial charge in [-0.3, -0.25) is 0 Å². The average molecular weight is 301 g/mol. The first-order valence-corrected chi connectivity index (χ1v) is 6.56. The van der Waals surface area contributed by atoms with Crippen molar-refractivity contribution in [3.8, 4) is 11.8 Å². The maximum atomic E-state index is 9.45. The monoisotopic (exact) mass is 300 g/mol. The molecule has 0 fully saturated rings. The third-order valence-corrected chi connectivity index (χ3v) is 3.71. The molecular weight excluding hydrogens is 288 g/mol. The van der Waals surface area contributed by atoms with Crippen LogP contribution < -0.4 is 4.74 Å². The molecule has 1 N–H and O–H groups in total. The summed E-state index contributed by atoms with van der Waals surface area (Å²) in [6.07, 6.45) is 3.30. The number of benzene rings is 1. The molecule has 0 aliphatic heterocycles. The van der Waals surface area contributed by atoms with Crippen molar-refractivity contribution in [3.63, 3.8) is 0 Å². The topological polar surface area (TPSA) is 65.6 Å². The summed E-state index contributed by atoms with van der Waals surface area (Å²) < 4.78 is 5.10. The fourth-order valence-electron chi connectivity index (χ4n) is 2.01. The zero-order chi connectivity index (χ0) is 15.4. The molecule has 0 radical (unpaired) electrons. The predicted octanol–water partition coefficient (Wildman–Crippen LogP) is 3.89. The number of halogens is 1. The highest BCUT2D eigenvalue weighted by atomic mass is 35.5. The second kappa shape index (κ2) is 6.29. The Morgan fingerprint density at radius 1 is 1.29 bits per heavy atom. The minimum atomic E-state index is 0.385. The van der Waals surface area contributed by atoms with E-state index in [1.165, 1.54) is 0 Å². The van der Waals surface area contributed by atoms with Crippen molar-refractivity contribution < 1.29 is 9.94 Å². The molecule has 21 heavy (non-hydrogen) atoms. The van der Waals surface area contributed by atoms with Gasteiger partial charge in [0.2, 0.25) is 0 Å². The third-order valence-electron chi connectivity index (χ3n) is 3.23. The Balaban J connectivity index is 2.57. The van der Waals surface area contributed by atoms with Crippen LogP contribution in [0.2, 0.25) is 0 Å². The molecule has 0 saturated carbocycles. The van der Waals surface area contributed by atoms with E-state index in [0.717, 1.165) is 5.56 Å². The van der Waals surface area contributed by atoms with Gasteiger partial charge in [-0.25, -0.2) is 0 Å². The number of ether oxygens (including phenoxy) is 1. The van der Waals surface area contributed by atoms with Crippen LogP contribution in [0.15, 0.2) is 57.8 Å². The number of hydrogen-bond donors (Lipinski definition) is 1. The molecular formula is C16H13ClN2O2. The van der Waals surface area contributed by atoms with Crippen molar-refractivity contribution in [1.29, 1.82) is 5.26 Å². The van der Waals surface area contributed by atoms with Gasteiger partial charge in [0.15, 0.2) is 0 Å². The maximum Gasteiger partial charge on any atom is 0.118 e. The minimum Gasteiger partial charge on any atom is -0.497 e. The Labute approximate surface area is 127 Å². The SMILES string of the molecule is COc1ccc(/C(C#N)=C2C=C/C(=N/O)C(C)=C\2Cl)cc1. The lowest BCUT2D eigenvalue weighted by molar-refractivity contribution is 0.319. The van der Waals surface area contributed by atoms with Gasteiger partial charge in [-0.15, -0.1) is 0 Å². The van der Waals surface area contributed by atoms with Gasteiger partial charge in [0, 0.05) is 5.57 Å². The van der Waals surface area contributed by atoms with Crippen LogP contribution in [-0.4, -0.2) is 18.0 Å². The molecule has 0 atom stereocenters. The van der Waals surface area contributed by atoms with E-state index in [-0.39, 0.29) is 0 Å². The molecule has 0 aromatic heterocycles. The third kappa shape index (κ3) is 2.83. The van der Waals surface area contributed by atoms with Crippen LogP contribution in [0.4, 0.5) is 0 Å². The van der Waals surface area contributed by atoms with Gasteiger partial charge < -0.3 is 9.94 Å². The molecule has 0 unspecified atom stereocenters. The average Bonchev–Trinajstić information content (AvgIpc) is 2.53. The lowest BCUT2D eigenvalue weighted by Crippen LogP contribution is -2.05. The summed E-state index contributed by atoms with van der Waals surface area (Å²) in [6.45, 7) is 1.74. The molecule has 5 heteroatoms. The molecule has 0 spiro atoms. The Morgan fingerprint density at radius 3 is 2.48 bits per heavy atom. The number of rotatable bonds is 2. The molecule has 0 bridgehead atoms. The summed E-state index contributed by atoms with van der Waals surface area (Å²) in [7, 11) is 1.58. The van der Waals surface area contributed by atoms with Crippen molar-refractivity contribution in [2.45, 2.75) is 6.92 Å². The Bertz CT molecular complexity index is 720. The Morgan fingerprint density at radius 2 is 1.95 bits per heavy atom. The van der Waals surface area contributed by atoms with Crippen LogP contribution in [0, 0.1) is 11.3 Å². The van der Waals surface area contributed by atoms with Gasteiger partial charge in [0.1, 0.15) is 17.5 Å². The van der Waals surface area contributed by atoms with E-state index in [1.54, 1.807) is 50.5 Å². The van der Waals surface area contributed by atoms with Crippen molar-refractivity contribution >= 4 is 22.9 Å². The fourth-order valence-corrected chi connectivity index (χ4v) is 2.27. The zero-order valence-corrected chi connectivity index (χ0v) is 12.3. The first-order valence-electron chi connectivity index (χ1n) is 6.18. The second-order valence-electron chi connectivity index (χ2n) is 4.39. The lowest BCUT2D eigenvalue weighted by Gasteiger charge is -2.14. The van der Waals surface area contributed by atoms with Crippen molar-refractivity contribution in [2.24, 2.45) is 5.16 Å². The highest BCUT2D eigenvalue weighted by Crippen LogP contribution is 2.32. The summed E-state index contributed by atoms with van der Waals surface area (Å²) in [4.78, 5) is 0. The van der Waals surface area contributed by atoms with Crippen LogP contribution >= 0.6 is 11.6 Å². The van der Waals surface area contributed by atoms with E-state index in [1.807, 2.05) is 0 Å². The van der Waals surface area contributed by atoms with Crippen molar-refractivity contribution in [1.82, 2.24) is 0 Å². The zero-order valence-electron chi connectivity index (χ0n) is 11.6. The first-order chi connectivity index (χ1) is 10.1. The van der Waals surface area contributed by atoms with E-state index < -0.39 is 0 Å². The number of allylic oxidation sites excluding steroid dienone is 6. The van der Waals surface area contributed by atoms with Gasteiger partial charge in [0.25, 0.3) is 0 Å². The molecule has 106 valence electrons. The molecule has 0 saturated heterocycles. The highest BCUT2D eigenvalue weighted by Gasteiger charge is 2.18. The van der Waals surface area contributed by atoms with Crippen LogP contribution in [0.3, 0.4) is 0 Å². The standard InChI is InChI=1S/C16H13ClN2O2/c1-10-15(19-20)8-7-13(16(10)17)14(9-18)11-3-5-12(21-2)6-4-11/h3-8,20H,1-2H3/b14-13+,19-15-. The van der Waals surface area contributed by atoms with Gasteiger partial charge >= 0.3 is 0 Å². The quantitative estimate of drug-likeness (QED) is 0.512. The van der Waals surface area contributed by atoms with Gasteiger partial charge in [-0.05, 0) is 54.5 Å².